The number of hydrogen-bond donors (Lipinski definition) is 3. The monoisotopic (exact) mass is 430 g/mol. The molecule has 3 aromatic rings. The molecule has 1 fully saturated rings. The Morgan fingerprint density at radius 2 is 1.69 bits per heavy atom. The minimum absolute atomic E-state index is 0.258. The predicted octanol–water partition coefficient (Wildman–Crippen LogP) is 3.93. The van der Waals surface area contributed by atoms with Crippen LogP contribution in [0.2, 0.25) is 0 Å². The Kier molecular flexibility index (Phi) is 7.01. The number of anilines is 3. The molecule has 32 heavy (non-hydrogen) atoms. The highest BCUT2D eigenvalue weighted by Gasteiger charge is 2.27. The molecule has 0 aliphatic heterocycles. The van der Waals surface area contributed by atoms with Crippen LogP contribution >= 0.6 is 0 Å². The molecule has 1 aliphatic carbocycles. The summed E-state index contributed by atoms with van der Waals surface area (Å²) >= 11 is 0. The van der Waals surface area contributed by atoms with Gasteiger partial charge in [0.2, 0.25) is 5.91 Å². The van der Waals surface area contributed by atoms with Crippen molar-refractivity contribution in [1.82, 2.24) is 20.3 Å². The Morgan fingerprint density at radius 1 is 0.938 bits per heavy atom. The number of nitrogens with one attached hydrogen (secondary N) is 3. The summed E-state index contributed by atoms with van der Waals surface area (Å²) in [5, 5.41) is 9.02. The smallest absolute Gasteiger partial charge is 0.252 e. The molecule has 1 aromatic carbocycles. The molecule has 2 heterocycles. The van der Waals surface area contributed by atoms with Gasteiger partial charge in [-0.05, 0) is 42.7 Å². The summed E-state index contributed by atoms with van der Waals surface area (Å²) in [7, 11) is 0. The molecule has 8 heteroatoms. The average Bonchev–Trinajstić information content (AvgIpc) is 3.33. The van der Waals surface area contributed by atoms with E-state index in [-0.39, 0.29) is 11.8 Å². The van der Waals surface area contributed by atoms with Crippen molar-refractivity contribution in [2.24, 2.45) is 5.92 Å². The van der Waals surface area contributed by atoms with E-state index in [0.717, 1.165) is 24.2 Å². The zero-order chi connectivity index (χ0) is 22.2. The number of nitrogens with zero attached hydrogens (tertiary/aromatic N) is 3. The lowest BCUT2D eigenvalue weighted by molar-refractivity contribution is -0.118. The fourth-order valence-corrected chi connectivity index (χ4v) is 3.99. The maximum Gasteiger partial charge on any atom is 0.252 e. The van der Waals surface area contributed by atoms with Crippen molar-refractivity contribution in [2.45, 2.75) is 38.1 Å². The second kappa shape index (κ2) is 10.5. The summed E-state index contributed by atoms with van der Waals surface area (Å²) in [6.07, 6.45) is 13.0. The van der Waals surface area contributed by atoms with Gasteiger partial charge in [0.05, 0.1) is 18.1 Å². The van der Waals surface area contributed by atoms with Crippen molar-refractivity contribution in [1.29, 1.82) is 0 Å². The average molecular weight is 431 g/mol. The molecule has 1 saturated carbocycles. The number of benzene rings is 1. The Balaban J connectivity index is 1.46. The lowest BCUT2D eigenvalue weighted by atomic mass is 9.97. The summed E-state index contributed by atoms with van der Waals surface area (Å²) in [5.74, 6) is -0.116. The first-order valence-corrected chi connectivity index (χ1v) is 10.8. The molecule has 2 aromatic heterocycles. The van der Waals surface area contributed by atoms with Crippen LogP contribution in [0.3, 0.4) is 0 Å². The van der Waals surface area contributed by atoms with Gasteiger partial charge in [-0.3, -0.25) is 14.6 Å². The van der Waals surface area contributed by atoms with E-state index in [1.54, 1.807) is 24.5 Å². The van der Waals surface area contributed by atoms with E-state index in [0.29, 0.717) is 23.6 Å². The van der Waals surface area contributed by atoms with Crippen molar-refractivity contribution in [3.63, 3.8) is 0 Å². The van der Waals surface area contributed by atoms with Crippen LogP contribution in [0.25, 0.3) is 0 Å². The van der Waals surface area contributed by atoms with E-state index in [9.17, 15) is 9.59 Å². The highest BCUT2D eigenvalue weighted by Crippen LogP contribution is 2.29. The van der Waals surface area contributed by atoms with E-state index in [2.05, 4.69) is 30.9 Å². The van der Waals surface area contributed by atoms with Gasteiger partial charge in [-0.25, -0.2) is 9.97 Å². The van der Waals surface area contributed by atoms with Gasteiger partial charge in [-0.2, -0.15) is 0 Å². The minimum Gasteiger partial charge on any atom is -0.355 e. The number of rotatable bonds is 8. The summed E-state index contributed by atoms with van der Waals surface area (Å²) < 4.78 is 0. The van der Waals surface area contributed by atoms with E-state index < -0.39 is 6.04 Å². The van der Waals surface area contributed by atoms with Gasteiger partial charge < -0.3 is 16.0 Å². The summed E-state index contributed by atoms with van der Waals surface area (Å²) in [6, 6.07) is 10.3. The number of carbonyl (C=O) groups is 2. The zero-order valence-corrected chi connectivity index (χ0v) is 17.7. The normalized spacial score (nSPS) is 14.5. The van der Waals surface area contributed by atoms with E-state index in [1.807, 2.05) is 24.3 Å². The minimum atomic E-state index is -0.636. The molecular weight excluding hydrogens is 404 g/mol. The maximum atomic E-state index is 13.0. The molecule has 4 rings (SSSR count). The molecule has 164 valence electrons. The fourth-order valence-electron chi connectivity index (χ4n) is 3.99. The number of aromatic nitrogens is 3. The van der Waals surface area contributed by atoms with Crippen LogP contribution < -0.4 is 16.0 Å². The van der Waals surface area contributed by atoms with Crippen molar-refractivity contribution in [3.8, 4) is 0 Å². The zero-order valence-electron chi connectivity index (χ0n) is 17.7. The molecule has 0 saturated heterocycles. The molecule has 0 spiro atoms. The van der Waals surface area contributed by atoms with Crippen LogP contribution in [0.1, 0.15) is 42.5 Å². The fraction of sp³-hybridized carbons (Fsp3) is 0.292. The first-order valence-electron chi connectivity index (χ1n) is 10.8. The summed E-state index contributed by atoms with van der Waals surface area (Å²) in [5.41, 5.74) is 2.64. The molecule has 1 atom stereocenters. The van der Waals surface area contributed by atoms with E-state index in [4.69, 9.17) is 0 Å². The van der Waals surface area contributed by atoms with Crippen LogP contribution in [0.15, 0.2) is 67.5 Å². The van der Waals surface area contributed by atoms with Gasteiger partial charge in [0, 0.05) is 29.3 Å². The SMILES string of the molecule is O=C(N[C@@H](CC1CCCC1)C(=O)Nc1cncnc1)c1cccc(Nc2ccncc2)c1. The van der Waals surface area contributed by atoms with Crippen LogP contribution in [-0.2, 0) is 4.79 Å². The van der Waals surface area contributed by atoms with Gasteiger partial charge in [-0.1, -0.05) is 31.7 Å². The lowest BCUT2D eigenvalue weighted by Gasteiger charge is -2.21. The van der Waals surface area contributed by atoms with Crippen LogP contribution in [0.5, 0.6) is 0 Å². The molecule has 1 aliphatic rings. The lowest BCUT2D eigenvalue weighted by Crippen LogP contribution is -2.44. The van der Waals surface area contributed by atoms with Crippen molar-refractivity contribution < 1.29 is 9.59 Å². The number of carbonyl (C=O) groups excluding carboxylic acids is 2. The standard InChI is InChI=1S/C24H26N6O2/c31-23(18-6-3-7-20(13-18)28-19-8-10-25-11-9-19)30-22(12-17-4-1-2-5-17)24(32)29-21-14-26-16-27-15-21/h3,6-11,13-17,22H,1-2,4-5,12H2,(H,25,28)(H,29,32)(H,30,31)/t22-/m0/s1. The summed E-state index contributed by atoms with van der Waals surface area (Å²) in [4.78, 5) is 37.9. The van der Waals surface area contributed by atoms with Crippen molar-refractivity contribution in [2.75, 3.05) is 10.6 Å². The van der Waals surface area contributed by atoms with Crippen LogP contribution in [0, 0.1) is 5.92 Å². The third-order valence-corrected chi connectivity index (χ3v) is 5.59. The van der Waals surface area contributed by atoms with Crippen molar-refractivity contribution in [3.05, 3.63) is 73.1 Å². The Morgan fingerprint density at radius 3 is 2.44 bits per heavy atom. The predicted molar refractivity (Wildman–Crippen MR) is 122 cm³/mol. The van der Waals surface area contributed by atoms with Gasteiger partial charge in [0.1, 0.15) is 12.4 Å². The number of pyridine rings is 1. The molecule has 0 radical (unpaired) electrons. The second-order valence-electron chi connectivity index (χ2n) is 7.97. The Labute approximate surface area is 186 Å². The number of hydrogen-bond acceptors (Lipinski definition) is 6. The van der Waals surface area contributed by atoms with Gasteiger partial charge in [0.15, 0.2) is 0 Å². The molecular formula is C24H26N6O2. The first-order chi connectivity index (χ1) is 15.7. The van der Waals surface area contributed by atoms with Gasteiger partial charge in [-0.15, -0.1) is 0 Å². The third-order valence-electron chi connectivity index (χ3n) is 5.59. The quantitative estimate of drug-likeness (QED) is 0.500. The molecule has 3 N–H and O–H groups in total. The first kappa shape index (κ1) is 21.4. The molecule has 0 unspecified atom stereocenters. The largest absolute Gasteiger partial charge is 0.355 e. The van der Waals surface area contributed by atoms with Gasteiger partial charge in [0.25, 0.3) is 5.91 Å². The Hall–Kier alpha value is -3.81. The molecule has 0 bridgehead atoms. The highest BCUT2D eigenvalue weighted by atomic mass is 16.2. The van der Waals surface area contributed by atoms with Gasteiger partial charge >= 0.3 is 0 Å². The maximum absolute atomic E-state index is 13.0. The molecule has 2 amide bonds. The van der Waals surface area contributed by atoms with E-state index in [1.165, 1.54) is 31.6 Å². The topological polar surface area (TPSA) is 109 Å². The third kappa shape index (κ3) is 5.87. The van der Waals surface area contributed by atoms with Crippen LogP contribution in [0.4, 0.5) is 17.1 Å². The second-order valence-corrected chi connectivity index (χ2v) is 7.97. The number of amides is 2. The van der Waals surface area contributed by atoms with Crippen molar-refractivity contribution >= 4 is 28.9 Å². The molecule has 8 nitrogen and oxygen atoms in total. The highest BCUT2D eigenvalue weighted by molar-refractivity contribution is 6.01. The summed E-state index contributed by atoms with van der Waals surface area (Å²) in [6.45, 7) is 0. The van der Waals surface area contributed by atoms with E-state index >= 15 is 0 Å². The Bertz CT molecular complexity index is 1040. The van der Waals surface area contributed by atoms with Crippen LogP contribution in [-0.4, -0.2) is 32.8 Å².